The van der Waals surface area contributed by atoms with Crippen molar-refractivity contribution >= 4 is 23.5 Å². The van der Waals surface area contributed by atoms with Gasteiger partial charge in [-0.15, -0.1) is 6.58 Å². The van der Waals surface area contributed by atoms with E-state index in [1.54, 1.807) is 18.2 Å². The second-order valence-electron chi connectivity index (χ2n) is 3.46. The predicted octanol–water partition coefficient (Wildman–Crippen LogP) is 1.30. The summed E-state index contributed by atoms with van der Waals surface area (Å²) >= 11 is 4.62. The fourth-order valence-corrected chi connectivity index (χ4v) is 1.45. The van der Waals surface area contributed by atoms with E-state index in [4.69, 9.17) is 10.5 Å². The van der Waals surface area contributed by atoms with E-state index in [0.29, 0.717) is 17.7 Å². The molecule has 0 aliphatic rings. The summed E-state index contributed by atoms with van der Waals surface area (Å²) in [6, 6.07) is 3.44. The number of phenolic OH excluding ortho intramolecular Hbond substituents is 1. The molecule has 0 amide bonds. The van der Waals surface area contributed by atoms with Crippen LogP contribution in [0.4, 0.5) is 0 Å². The summed E-state index contributed by atoms with van der Waals surface area (Å²) < 4.78 is 5.08. The number of benzene rings is 1. The van der Waals surface area contributed by atoms with Gasteiger partial charge in [-0.25, -0.2) is 0 Å². The molecule has 0 atom stereocenters. The van der Waals surface area contributed by atoms with Gasteiger partial charge in [0.1, 0.15) is 0 Å². The van der Waals surface area contributed by atoms with Crippen LogP contribution in [-0.4, -0.2) is 23.5 Å². The number of ether oxygens (including phenoxy) is 1. The number of nitrogens with one attached hydrogen (secondary N) is 1. The zero-order valence-electron chi connectivity index (χ0n) is 10.0. The van der Waals surface area contributed by atoms with E-state index in [-0.39, 0.29) is 10.9 Å². The summed E-state index contributed by atoms with van der Waals surface area (Å²) in [6.07, 6.45) is 3.77. The van der Waals surface area contributed by atoms with Crippen LogP contribution in [0.5, 0.6) is 11.5 Å². The van der Waals surface area contributed by atoms with Gasteiger partial charge in [0.25, 0.3) is 0 Å². The Labute approximate surface area is 111 Å². The largest absolute Gasteiger partial charge is 0.504 e. The van der Waals surface area contributed by atoms with Gasteiger partial charge in [0.15, 0.2) is 16.6 Å². The molecule has 0 saturated carbocycles. The van der Waals surface area contributed by atoms with Gasteiger partial charge in [0.2, 0.25) is 0 Å². The first-order valence-corrected chi connectivity index (χ1v) is 5.58. The van der Waals surface area contributed by atoms with E-state index in [1.807, 2.05) is 0 Å². The SMILES string of the molecule is C=CCc1cc(/C=N\NC(N)=S)cc(OC)c1O. The fraction of sp³-hybridized carbons (Fsp3) is 0.167. The molecule has 0 heterocycles. The maximum Gasteiger partial charge on any atom is 0.184 e. The van der Waals surface area contributed by atoms with Gasteiger partial charge in [-0.05, 0) is 36.3 Å². The lowest BCUT2D eigenvalue weighted by molar-refractivity contribution is 0.371. The van der Waals surface area contributed by atoms with Crippen molar-refractivity contribution in [1.29, 1.82) is 0 Å². The fourth-order valence-electron chi connectivity index (χ4n) is 1.40. The molecule has 0 bridgehead atoms. The molecule has 0 saturated heterocycles. The third-order valence-electron chi connectivity index (χ3n) is 2.15. The lowest BCUT2D eigenvalue weighted by Crippen LogP contribution is -2.24. The van der Waals surface area contributed by atoms with Gasteiger partial charge in [-0.3, -0.25) is 5.43 Å². The van der Waals surface area contributed by atoms with E-state index >= 15 is 0 Å². The monoisotopic (exact) mass is 265 g/mol. The van der Waals surface area contributed by atoms with E-state index in [9.17, 15) is 5.11 Å². The molecule has 0 fully saturated rings. The molecule has 0 aliphatic heterocycles. The van der Waals surface area contributed by atoms with Crippen LogP contribution >= 0.6 is 12.2 Å². The van der Waals surface area contributed by atoms with E-state index < -0.39 is 0 Å². The van der Waals surface area contributed by atoms with Gasteiger partial charge in [0.05, 0.1) is 13.3 Å². The van der Waals surface area contributed by atoms with Crippen molar-refractivity contribution in [1.82, 2.24) is 5.43 Å². The van der Waals surface area contributed by atoms with Crippen molar-refractivity contribution < 1.29 is 9.84 Å². The molecule has 5 nitrogen and oxygen atoms in total. The first-order valence-electron chi connectivity index (χ1n) is 5.17. The van der Waals surface area contributed by atoms with Crippen molar-refractivity contribution in [3.8, 4) is 11.5 Å². The minimum Gasteiger partial charge on any atom is -0.504 e. The summed E-state index contributed by atoms with van der Waals surface area (Å²) in [6.45, 7) is 3.64. The molecule has 18 heavy (non-hydrogen) atoms. The number of nitrogens with zero attached hydrogens (tertiary/aromatic N) is 1. The number of phenols is 1. The molecule has 96 valence electrons. The van der Waals surface area contributed by atoms with Crippen LogP contribution < -0.4 is 15.9 Å². The highest BCUT2D eigenvalue weighted by Crippen LogP contribution is 2.31. The Morgan fingerprint density at radius 3 is 2.94 bits per heavy atom. The number of allylic oxidation sites excluding steroid dienone is 1. The minimum atomic E-state index is 0.0864. The number of aromatic hydroxyl groups is 1. The Balaban J connectivity index is 3.05. The average Bonchev–Trinajstić information content (AvgIpc) is 2.32. The van der Waals surface area contributed by atoms with Gasteiger partial charge >= 0.3 is 0 Å². The topological polar surface area (TPSA) is 79.9 Å². The predicted molar refractivity (Wildman–Crippen MR) is 76.1 cm³/mol. The van der Waals surface area contributed by atoms with E-state index in [1.165, 1.54) is 13.3 Å². The second-order valence-corrected chi connectivity index (χ2v) is 3.90. The van der Waals surface area contributed by atoms with E-state index in [0.717, 1.165) is 5.56 Å². The van der Waals surface area contributed by atoms with Crippen molar-refractivity contribution in [2.24, 2.45) is 10.8 Å². The molecular formula is C12H15N3O2S. The Bertz CT molecular complexity index is 486. The summed E-state index contributed by atoms with van der Waals surface area (Å²) in [5.41, 5.74) is 9.16. The maximum atomic E-state index is 9.88. The molecule has 0 radical (unpaired) electrons. The van der Waals surface area contributed by atoms with Crippen LogP contribution in [0.15, 0.2) is 29.9 Å². The smallest absolute Gasteiger partial charge is 0.184 e. The highest BCUT2D eigenvalue weighted by atomic mass is 32.1. The first-order chi connectivity index (χ1) is 8.58. The Kier molecular flexibility index (Phi) is 5.13. The first kappa shape index (κ1) is 14.0. The third-order valence-corrected chi connectivity index (χ3v) is 2.24. The second kappa shape index (κ2) is 6.61. The molecule has 6 heteroatoms. The molecular weight excluding hydrogens is 250 g/mol. The number of hydrogen-bond acceptors (Lipinski definition) is 4. The number of nitrogens with two attached hydrogens (primary N) is 1. The summed E-state index contributed by atoms with van der Waals surface area (Å²) in [4.78, 5) is 0. The molecule has 0 aliphatic carbocycles. The lowest BCUT2D eigenvalue weighted by Gasteiger charge is -2.09. The van der Waals surface area contributed by atoms with E-state index in [2.05, 4.69) is 29.3 Å². The summed E-state index contributed by atoms with van der Waals surface area (Å²) in [5, 5.41) is 13.8. The minimum absolute atomic E-state index is 0.0864. The van der Waals surface area contributed by atoms with Crippen molar-refractivity contribution in [2.75, 3.05) is 7.11 Å². The van der Waals surface area contributed by atoms with Gasteiger partial charge in [0, 0.05) is 5.56 Å². The van der Waals surface area contributed by atoms with Crippen LogP contribution in [0.1, 0.15) is 11.1 Å². The van der Waals surface area contributed by atoms with Gasteiger partial charge in [-0.2, -0.15) is 5.10 Å². The van der Waals surface area contributed by atoms with Crippen LogP contribution in [0.2, 0.25) is 0 Å². The summed E-state index contributed by atoms with van der Waals surface area (Å²) in [5.74, 6) is 0.489. The Hall–Kier alpha value is -2.08. The van der Waals surface area contributed by atoms with Crippen LogP contribution in [0, 0.1) is 0 Å². The van der Waals surface area contributed by atoms with Crippen LogP contribution in [0.25, 0.3) is 0 Å². The van der Waals surface area contributed by atoms with Gasteiger partial charge < -0.3 is 15.6 Å². The summed E-state index contributed by atoms with van der Waals surface area (Å²) in [7, 11) is 1.49. The molecule has 1 rings (SSSR count). The molecule has 0 spiro atoms. The zero-order valence-corrected chi connectivity index (χ0v) is 10.8. The number of thiocarbonyl (C=S) groups is 1. The quantitative estimate of drug-likeness (QED) is 0.323. The highest BCUT2D eigenvalue weighted by molar-refractivity contribution is 7.80. The Morgan fingerprint density at radius 2 is 2.39 bits per heavy atom. The Morgan fingerprint density at radius 1 is 1.67 bits per heavy atom. The number of rotatable bonds is 5. The molecule has 4 N–H and O–H groups in total. The lowest BCUT2D eigenvalue weighted by atomic mass is 10.1. The molecule has 0 aromatic heterocycles. The number of hydrogen-bond donors (Lipinski definition) is 3. The molecule has 0 unspecified atom stereocenters. The molecule has 1 aromatic rings. The van der Waals surface area contributed by atoms with Crippen molar-refractivity contribution in [2.45, 2.75) is 6.42 Å². The normalized spacial score (nSPS) is 10.3. The van der Waals surface area contributed by atoms with Gasteiger partial charge in [-0.1, -0.05) is 6.08 Å². The number of methoxy groups -OCH3 is 1. The van der Waals surface area contributed by atoms with Crippen LogP contribution in [-0.2, 0) is 6.42 Å². The van der Waals surface area contributed by atoms with Crippen LogP contribution in [0.3, 0.4) is 0 Å². The maximum absolute atomic E-state index is 9.88. The molecule has 1 aromatic carbocycles. The third kappa shape index (κ3) is 3.74. The van der Waals surface area contributed by atoms with Crippen molar-refractivity contribution in [3.05, 3.63) is 35.9 Å². The zero-order chi connectivity index (χ0) is 13.5. The average molecular weight is 265 g/mol. The highest BCUT2D eigenvalue weighted by Gasteiger charge is 2.08. The number of hydrazone groups is 1. The standard InChI is InChI=1S/C12H15N3O2S/c1-3-4-9-5-8(7-14-15-12(13)18)6-10(17-2)11(9)16/h3,5-7,16H,1,4H2,2H3,(H3,13,15,18)/b14-7-. The van der Waals surface area contributed by atoms with Crippen molar-refractivity contribution in [3.63, 3.8) is 0 Å².